The second-order valence-electron chi connectivity index (χ2n) is 11.6. The van der Waals surface area contributed by atoms with Crippen molar-refractivity contribution in [3.8, 4) is 11.4 Å². The summed E-state index contributed by atoms with van der Waals surface area (Å²) in [5.41, 5.74) is 5.21. The average Bonchev–Trinajstić information content (AvgIpc) is 3.52. The van der Waals surface area contributed by atoms with E-state index in [-0.39, 0.29) is 36.1 Å². The van der Waals surface area contributed by atoms with E-state index in [1.807, 2.05) is 77.4 Å². The third-order valence-corrected chi connectivity index (χ3v) is 9.09. The molecule has 2 aliphatic rings. The van der Waals surface area contributed by atoms with Crippen LogP contribution in [0.4, 0.5) is 0 Å². The lowest BCUT2D eigenvalue weighted by atomic mass is 10.0. The molecule has 4 aromatic carbocycles. The van der Waals surface area contributed by atoms with Crippen molar-refractivity contribution in [1.82, 2.24) is 24.7 Å². The van der Waals surface area contributed by atoms with Crippen molar-refractivity contribution < 1.29 is 28.7 Å². The molecule has 7 rings (SSSR count). The van der Waals surface area contributed by atoms with Gasteiger partial charge in [-0.05, 0) is 84.4 Å². The molecule has 0 saturated carbocycles. The summed E-state index contributed by atoms with van der Waals surface area (Å²) in [7, 11) is 1.63. The van der Waals surface area contributed by atoms with Crippen LogP contribution in [0.5, 0.6) is 5.75 Å². The van der Waals surface area contributed by atoms with E-state index >= 15 is 0 Å². The largest absolute Gasteiger partial charge is 0.497 e. The number of ether oxygens (including phenoxy) is 1. The summed E-state index contributed by atoms with van der Waals surface area (Å²) in [6.07, 6.45) is 0.0870. The zero-order chi connectivity index (χ0) is 33.5. The maximum Gasteiger partial charge on any atom is 0.262 e. The molecular formula is C36H29N5O6S. The maximum atomic E-state index is 13.1. The Morgan fingerprint density at radius 1 is 0.875 bits per heavy atom. The van der Waals surface area contributed by atoms with Gasteiger partial charge in [-0.15, -0.1) is 0 Å². The van der Waals surface area contributed by atoms with Gasteiger partial charge in [0.15, 0.2) is 4.77 Å². The predicted molar refractivity (Wildman–Crippen MR) is 178 cm³/mol. The Morgan fingerprint density at radius 2 is 1.56 bits per heavy atom. The number of benzene rings is 4. The van der Waals surface area contributed by atoms with E-state index in [2.05, 4.69) is 15.2 Å². The summed E-state index contributed by atoms with van der Waals surface area (Å²) in [6, 6.07) is 26.9. The summed E-state index contributed by atoms with van der Waals surface area (Å²) in [4.78, 5) is 63.9. The highest BCUT2D eigenvalue weighted by Gasteiger charge is 2.44. The number of methoxy groups -OCH3 is 1. The molecule has 1 saturated heterocycles. The summed E-state index contributed by atoms with van der Waals surface area (Å²) >= 11 is 5.95. The topological polar surface area (TPSA) is 132 Å². The molecule has 1 atom stereocenters. The van der Waals surface area contributed by atoms with E-state index in [1.165, 1.54) is 18.2 Å². The van der Waals surface area contributed by atoms with Gasteiger partial charge >= 0.3 is 0 Å². The van der Waals surface area contributed by atoms with Gasteiger partial charge in [-0.25, -0.2) is 0 Å². The van der Waals surface area contributed by atoms with Crippen LogP contribution in [-0.2, 0) is 22.7 Å². The van der Waals surface area contributed by atoms with Crippen LogP contribution < -0.4 is 15.4 Å². The zero-order valence-electron chi connectivity index (χ0n) is 25.8. The average molecular weight is 660 g/mol. The molecule has 1 unspecified atom stereocenters. The molecule has 5 amide bonds. The van der Waals surface area contributed by atoms with Gasteiger partial charge in [0.05, 0.1) is 35.8 Å². The third-order valence-electron chi connectivity index (χ3n) is 8.68. The van der Waals surface area contributed by atoms with E-state index in [0.29, 0.717) is 11.3 Å². The van der Waals surface area contributed by atoms with Crippen LogP contribution in [0.25, 0.3) is 16.7 Å². The van der Waals surface area contributed by atoms with E-state index in [1.54, 1.807) is 7.11 Å². The summed E-state index contributed by atoms with van der Waals surface area (Å²) in [6.45, 7) is 0.786. The number of nitrogens with zero attached hydrogens (tertiary/aromatic N) is 3. The Bertz CT molecular complexity index is 2200. The number of hydrogen-bond acceptors (Lipinski definition) is 7. The Labute approximate surface area is 279 Å². The highest BCUT2D eigenvalue weighted by molar-refractivity contribution is 7.71. The van der Waals surface area contributed by atoms with Crippen molar-refractivity contribution in [3.63, 3.8) is 0 Å². The number of aromatic nitrogens is 2. The standard InChI is InChI=1S/C36H29N5O6S/c1-47-25-13-11-24(12-14-25)40-29-5-3-2-4-28(29)39(36(40)48)20-22-8-6-21(7-9-22)19-37-32(43)23-10-15-26-27(18-23)35(46)41(34(26)45)30-16-17-31(42)38-33(30)44/h2-15,18,30H,16-17,19-20H2,1H3,(H,37,43)(H,38,42,44). The highest BCUT2D eigenvalue weighted by atomic mass is 32.1. The van der Waals surface area contributed by atoms with Gasteiger partial charge in [0, 0.05) is 24.2 Å². The molecule has 1 aromatic heterocycles. The lowest BCUT2D eigenvalue weighted by molar-refractivity contribution is -0.136. The number of fused-ring (bicyclic) bond motifs is 2. The maximum absolute atomic E-state index is 13.1. The molecule has 0 radical (unpaired) electrons. The number of imidazole rings is 1. The number of para-hydroxylation sites is 2. The Hall–Kier alpha value is -5.88. The number of rotatable bonds is 8. The third kappa shape index (κ3) is 5.45. The fraction of sp³-hybridized carbons (Fsp3) is 0.167. The fourth-order valence-corrected chi connectivity index (χ4v) is 6.55. The minimum absolute atomic E-state index is 0.0291. The number of nitrogens with one attached hydrogen (secondary N) is 2. The first kappa shape index (κ1) is 30.8. The summed E-state index contributed by atoms with van der Waals surface area (Å²) < 4.78 is 10.1. The van der Waals surface area contributed by atoms with Crippen LogP contribution in [0.15, 0.2) is 91.0 Å². The molecule has 48 heavy (non-hydrogen) atoms. The van der Waals surface area contributed by atoms with Gasteiger partial charge in [-0.1, -0.05) is 36.4 Å². The first-order valence-corrected chi connectivity index (χ1v) is 15.7. The SMILES string of the molecule is COc1ccc(-n2c(=S)n(Cc3ccc(CNC(=O)c4ccc5c(c4)C(=O)N(C4CCC(=O)NC4=O)C5=O)cc3)c3ccccc32)cc1. The summed E-state index contributed by atoms with van der Waals surface area (Å²) in [5.74, 6) is -2.07. The van der Waals surface area contributed by atoms with Crippen LogP contribution in [-0.4, -0.2) is 56.7 Å². The molecule has 0 spiro atoms. The van der Waals surface area contributed by atoms with Gasteiger partial charge in [0.2, 0.25) is 11.8 Å². The Kier molecular flexibility index (Phi) is 7.93. The van der Waals surface area contributed by atoms with Gasteiger partial charge in [0.25, 0.3) is 17.7 Å². The minimum Gasteiger partial charge on any atom is -0.497 e. The van der Waals surface area contributed by atoms with E-state index in [4.69, 9.17) is 17.0 Å². The highest BCUT2D eigenvalue weighted by Crippen LogP contribution is 2.29. The predicted octanol–water partition coefficient (Wildman–Crippen LogP) is 4.55. The van der Waals surface area contributed by atoms with E-state index in [9.17, 15) is 24.0 Å². The minimum atomic E-state index is -1.07. The lowest BCUT2D eigenvalue weighted by Crippen LogP contribution is -2.54. The molecule has 0 bridgehead atoms. The first-order chi connectivity index (χ1) is 23.2. The second kappa shape index (κ2) is 12.4. The van der Waals surface area contributed by atoms with Crippen LogP contribution in [0, 0.1) is 4.77 Å². The molecule has 1 fully saturated rings. The first-order valence-electron chi connectivity index (χ1n) is 15.3. The molecule has 2 aliphatic heterocycles. The van der Waals surface area contributed by atoms with Crippen LogP contribution in [0.3, 0.4) is 0 Å². The second-order valence-corrected chi connectivity index (χ2v) is 12.0. The molecule has 2 N–H and O–H groups in total. The van der Waals surface area contributed by atoms with Gasteiger partial charge in [-0.3, -0.25) is 38.8 Å². The van der Waals surface area contributed by atoms with E-state index in [0.717, 1.165) is 38.5 Å². The van der Waals surface area contributed by atoms with Crippen LogP contribution >= 0.6 is 12.2 Å². The molecule has 3 heterocycles. The number of imide groups is 2. The quantitative estimate of drug-likeness (QED) is 0.185. The zero-order valence-corrected chi connectivity index (χ0v) is 26.6. The van der Waals surface area contributed by atoms with E-state index < -0.39 is 35.6 Å². The summed E-state index contributed by atoms with van der Waals surface area (Å²) in [5, 5.41) is 5.04. The Balaban J connectivity index is 1.03. The van der Waals surface area contributed by atoms with Gasteiger partial charge in [0.1, 0.15) is 11.8 Å². The van der Waals surface area contributed by atoms with Crippen molar-refractivity contribution in [3.05, 3.63) is 124 Å². The van der Waals surface area contributed by atoms with Crippen molar-refractivity contribution in [1.29, 1.82) is 0 Å². The molecule has 5 aromatic rings. The lowest BCUT2D eigenvalue weighted by Gasteiger charge is -2.27. The monoisotopic (exact) mass is 659 g/mol. The van der Waals surface area contributed by atoms with Crippen LogP contribution in [0.2, 0.25) is 0 Å². The fourth-order valence-electron chi connectivity index (χ4n) is 6.18. The van der Waals surface area contributed by atoms with Crippen molar-refractivity contribution >= 4 is 52.8 Å². The van der Waals surface area contributed by atoms with Crippen molar-refractivity contribution in [2.75, 3.05) is 7.11 Å². The number of amides is 5. The van der Waals surface area contributed by atoms with Gasteiger partial charge < -0.3 is 14.6 Å². The van der Waals surface area contributed by atoms with Crippen molar-refractivity contribution in [2.24, 2.45) is 0 Å². The molecular weight excluding hydrogens is 630 g/mol. The van der Waals surface area contributed by atoms with Crippen LogP contribution in [0.1, 0.15) is 55.0 Å². The molecule has 11 nitrogen and oxygen atoms in total. The molecule has 240 valence electrons. The number of piperidine rings is 1. The normalized spacial score (nSPS) is 15.9. The van der Waals surface area contributed by atoms with Gasteiger partial charge in [-0.2, -0.15) is 0 Å². The molecule has 0 aliphatic carbocycles. The number of hydrogen-bond donors (Lipinski definition) is 2. The van der Waals surface area contributed by atoms with Crippen molar-refractivity contribution in [2.45, 2.75) is 32.0 Å². The number of carbonyl (C=O) groups excluding carboxylic acids is 5. The Morgan fingerprint density at radius 3 is 2.27 bits per heavy atom. The smallest absolute Gasteiger partial charge is 0.262 e. The number of carbonyl (C=O) groups is 5. The molecule has 12 heteroatoms.